The Kier molecular flexibility index (Phi) is 3.28. The molecule has 0 aliphatic heterocycles. The minimum atomic E-state index is -5.51. The maximum absolute atomic E-state index is 13.3. The summed E-state index contributed by atoms with van der Waals surface area (Å²) >= 11 is 5.79. The summed E-state index contributed by atoms with van der Waals surface area (Å²) < 4.78 is 100. The number of anilines is 1. The van der Waals surface area contributed by atoms with Crippen LogP contribution in [-0.4, -0.2) is 26.2 Å². The van der Waals surface area contributed by atoms with E-state index in [1.165, 1.54) is 6.92 Å². The zero-order chi connectivity index (χ0) is 23.3. The van der Waals surface area contributed by atoms with Gasteiger partial charge in [0.2, 0.25) is 10.0 Å². The maximum atomic E-state index is 13.3. The Hall–Kier alpha value is -1.60. The highest BCUT2D eigenvalue weighted by atomic mass is 35.5. The summed E-state index contributed by atoms with van der Waals surface area (Å²) in [6.45, 7) is 1.01. The highest BCUT2D eigenvalue weighted by molar-refractivity contribution is 7.93. The molecular weight excluding hydrogens is 345 g/mol. The molecule has 0 heterocycles. The number of esters is 1. The summed E-state index contributed by atoms with van der Waals surface area (Å²) in [5.41, 5.74) is -2.02. The van der Waals surface area contributed by atoms with Gasteiger partial charge in [0.05, 0.1) is 25.6 Å². The van der Waals surface area contributed by atoms with E-state index in [0.717, 1.165) is 12.1 Å². The van der Waals surface area contributed by atoms with E-state index in [0.29, 0.717) is 6.07 Å². The Morgan fingerprint density at radius 1 is 1.70 bits per heavy atom. The molecule has 1 aliphatic carbocycles. The van der Waals surface area contributed by atoms with Gasteiger partial charge in [0.1, 0.15) is 11.0 Å². The van der Waals surface area contributed by atoms with E-state index in [1.807, 2.05) is 0 Å². The minimum Gasteiger partial charge on any atom is -0.463 e. The van der Waals surface area contributed by atoms with Gasteiger partial charge in [-0.15, -0.1) is 0 Å². The van der Waals surface area contributed by atoms with Gasteiger partial charge in [-0.1, -0.05) is 17.7 Å². The van der Waals surface area contributed by atoms with Gasteiger partial charge in [-0.3, -0.25) is 4.72 Å². The fraction of sp³-hybridized carbons (Fsp3) is 0.400. The molecule has 1 aromatic rings. The van der Waals surface area contributed by atoms with Crippen LogP contribution in [0.25, 0.3) is 0 Å². The molecule has 23 heavy (non-hydrogen) atoms. The molecule has 126 valence electrons. The molecule has 0 spiro atoms. The van der Waals surface area contributed by atoms with E-state index >= 15 is 0 Å². The van der Waals surface area contributed by atoms with Crippen molar-refractivity contribution >= 4 is 33.3 Å². The van der Waals surface area contributed by atoms with Crippen LogP contribution < -0.4 is 4.72 Å². The summed E-state index contributed by atoms with van der Waals surface area (Å²) in [5.74, 6) is -2.43. The van der Waals surface area contributed by atoms with Crippen LogP contribution in [-0.2, 0) is 19.6 Å². The average molecular weight is 369 g/mol. The summed E-state index contributed by atoms with van der Waals surface area (Å²) in [7, 11) is -5.51. The monoisotopic (exact) mass is 368 g/mol. The first-order chi connectivity index (χ1) is 13.5. The Labute approximate surface area is 149 Å². The molecule has 0 saturated carbocycles. The largest absolute Gasteiger partial charge is 0.463 e. The second-order valence-corrected chi connectivity index (χ2v) is 6.19. The van der Waals surface area contributed by atoms with E-state index in [2.05, 4.69) is 4.74 Å². The molecule has 1 aliphatic rings. The third-order valence-electron chi connectivity index (χ3n) is 2.64. The maximum Gasteiger partial charge on any atom is 0.335 e. The number of ether oxygens (including phenoxy) is 1. The first-order valence-corrected chi connectivity index (χ1v) is 8.24. The molecule has 0 saturated heterocycles. The number of allylic oxidation sites excluding steroid dienone is 1. The standard InChI is InChI=1S/C15H17ClFNO4S/c1-2-22-15(19)11-5-3-4-6-14(11)23(20,21)18-13-8-7-10(17)9-12(13)16/h5,7-9,14,18H,2-4,6H2,1H3/t14-/m1/s1/i3D2,5D,6D2,14D/hD. The fourth-order valence-electron chi connectivity index (χ4n) is 1.70. The number of carbonyl (C=O) groups is 1. The topological polar surface area (TPSA) is 72.5 Å². The van der Waals surface area contributed by atoms with Crippen molar-refractivity contribution in [3.05, 3.63) is 40.7 Å². The second kappa shape index (κ2) is 7.31. The zero-order valence-electron chi connectivity index (χ0n) is 18.9. The highest BCUT2D eigenvalue weighted by Crippen LogP contribution is 2.30. The summed E-state index contributed by atoms with van der Waals surface area (Å²) in [4.78, 5) is 12.4. The van der Waals surface area contributed by atoms with Crippen molar-refractivity contribution in [1.82, 2.24) is 0 Å². The molecule has 1 atom stereocenters. The van der Waals surface area contributed by atoms with Crippen LogP contribution in [0.5, 0.6) is 0 Å². The lowest BCUT2D eigenvalue weighted by Crippen LogP contribution is -2.34. The van der Waals surface area contributed by atoms with E-state index in [-0.39, 0.29) is 11.3 Å². The van der Waals surface area contributed by atoms with Crippen molar-refractivity contribution in [2.24, 2.45) is 0 Å². The van der Waals surface area contributed by atoms with Gasteiger partial charge in [0.25, 0.3) is 0 Å². The molecule has 1 N–H and O–H groups in total. The average Bonchev–Trinajstić information content (AvgIpc) is 2.59. The van der Waals surface area contributed by atoms with Gasteiger partial charge in [-0.25, -0.2) is 17.6 Å². The van der Waals surface area contributed by atoms with E-state index in [9.17, 15) is 17.6 Å². The Morgan fingerprint density at radius 3 is 3.09 bits per heavy atom. The minimum absolute atomic E-state index is 0.327. The molecule has 0 aromatic heterocycles. The Morgan fingerprint density at radius 2 is 2.43 bits per heavy atom. The molecule has 0 bridgehead atoms. The van der Waals surface area contributed by atoms with Crippen LogP contribution in [0.3, 0.4) is 0 Å². The lowest BCUT2D eigenvalue weighted by molar-refractivity contribution is -0.138. The molecule has 0 fully saturated rings. The normalized spacial score (nSPS) is 30.7. The smallest absolute Gasteiger partial charge is 0.335 e. The van der Waals surface area contributed by atoms with Gasteiger partial charge >= 0.3 is 5.97 Å². The number of sulfonamides is 1. The van der Waals surface area contributed by atoms with E-state index in [1.54, 1.807) is 0 Å². The van der Waals surface area contributed by atoms with Crippen LogP contribution in [0.4, 0.5) is 10.1 Å². The number of carbonyl (C=O) groups excluding carboxylic acids is 1. The molecule has 0 unspecified atom stereocenters. The number of halogens is 2. The SMILES string of the molecule is [2H]C1=C(C(=O)OCC)[C@]([2H])(S(=O)(=O)N([2H])c2ccc(F)cc2Cl)C([2H])([2H])CC1([2H])[2H]. The zero-order valence-corrected chi connectivity index (χ0v) is 13.5. The third kappa shape index (κ3) is 4.23. The lowest BCUT2D eigenvalue weighted by Gasteiger charge is -2.24. The van der Waals surface area contributed by atoms with Crippen molar-refractivity contribution in [3.63, 3.8) is 0 Å². The number of rotatable bonds is 5. The second-order valence-electron chi connectivity index (χ2n) is 4.24. The highest BCUT2D eigenvalue weighted by Gasteiger charge is 2.35. The van der Waals surface area contributed by atoms with Gasteiger partial charge in [0.15, 0.2) is 1.41 Å². The molecule has 8 heteroatoms. The summed E-state index contributed by atoms with van der Waals surface area (Å²) in [5, 5.41) is -4.18. The van der Waals surface area contributed by atoms with Crippen LogP contribution in [0.1, 0.15) is 34.3 Å². The van der Waals surface area contributed by atoms with E-state index < -0.39 is 68.5 Å². The molecular formula is C15H17ClFNO4S. The summed E-state index contributed by atoms with van der Waals surface area (Å²) in [6.07, 6.45) is -7.31. The van der Waals surface area contributed by atoms with Gasteiger partial charge in [-0.05, 0) is 44.3 Å². The number of hydrogen-bond acceptors (Lipinski definition) is 4. The van der Waals surface area contributed by atoms with Crippen LogP contribution in [0.2, 0.25) is 6.43 Å². The van der Waals surface area contributed by atoms with Crippen molar-refractivity contribution < 1.29 is 32.0 Å². The lowest BCUT2D eigenvalue weighted by atomic mass is 9.99. The van der Waals surface area contributed by atoms with Gasteiger partial charge in [0, 0.05) is 5.48 Å². The Bertz CT molecular complexity index is 1020. The molecule has 5 nitrogen and oxygen atoms in total. The van der Waals surface area contributed by atoms with Crippen LogP contribution in [0, 0.1) is 5.82 Å². The first kappa shape index (κ1) is 10.3. The quantitative estimate of drug-likeness (QED) is 0.809. The molecule has 0 amide bonds. The predicted molar refractivity (Wildman–Crippen MR) is 86.3 cm³/mol. The Balaban J connectivity index is 2.83. The number of benzene rings is 1. The van der Waals surface area contributed by atoms with Crippen molar-refractivity contribution in [2.45, 2.75) is 31.3 Å². The van der Waals surface area contributed by atoms with Crippen molar-refractivity contribution in [3.8, 4) is 0 Å². The van der Waals surface area contributed by atoms with Crippen LogP contribution >= 0.6 is 11.6 Å². The molecule has 0 radical (unpaired) electrons. The molecule has 2 rings (SSSR count). The third-order valence-corrected chi connectivity index (χ3v) is 4.25. The van der Waals surface area contributed by atoms with Crippen molar-refractivity contribution in [1.29, 1.82) is 0 Å². The summed E-state index contributed by atoms with van der Waals surface area (Å²) in [6, 6.07) is 1.03. The molecule has 1 aromatic carbocycles. The van der Waals surface area contributed by atoms with Gasteiger partial charge < -0.3 is 4.74 Å². The van der Waals surface area contributed by atoms with Crippen molar-refractivity contribution in [2.75, 3.05) is 11.3 Å². The van der Waals surface area contributed by atoms with Crippen LogP contribution in [0.15, 0.2) is 29.8 Å². The fourth-order valence-corrected chi connectivity index (χ4v) is 3.12. The number of hydrogen-bond donors (Lipinski definition) is 1. The van der Waals surface area contributed by atoms with E-state index in [4.69, 9.17) is 21.2 Å². The number of nitrogens with one attached hydrogen (secondary N) is 1. The first-order valence-electron chi connectivity index (χ1n) is 9.87. The predicted octanol–water partition coefficient (Wildman–Crippen LogP) is 3.26. The van der Waals surface area contributed by atoms with Gasteiger partial charge in [-0.2, -0.15) is 0 Å².